The second-order valence-electron chi connectivity index (χ2n) is 5.18. The van der Waals surface area contributed by atoms with Gasteiger partial charge in [0.2, 0.25) is 5.91 Å². The predicted octanol–water partition coefficient (Wildman–Crippen LogP) is 0.145. The molecule has 1 saturated heterocycles. The number of amides is 3. The molecular formula is C12H21N3O4. The van der Waals surface area contributed by atoms with Gasteiger partial charge in [0.15, 0.2) is 0 Å². The Morgan fingerprint density at radius 1 is 1.42 bits per heavy atom. The van der Waals surface area contributed by atoms with Gasteiger partial charge in [-0.1, -0.05) is 6.92 Å². The number of carbonyl (C=O) groups is 3. The predicted molar refractivity (Wildman–Crippen MR) is 68.3 cm³/mol. The van der Waals surface area contributed by atoms with Crippen LogP contribution in [-0.2, 0) is 9.59 Å². The third-order valence-electron chi connectivity index (χ3n) is 3.40. The van der Waals surface area contributed by atoms with E-state index < -0.39 is 30.4 Å². The minimum Gasteiger partial charge on any atom is -0.480 e. The number of hydrogen-bond acceptors (Lipinski definition) is 3. The van der Waals surface area contributed by atoms with Crippen molar-refractivity contribution in [3.05, 3.63) is 0 Å². The third kappa shape index (κ3) is 4.42. The van der Waals surface area contributed by atoms with Gasteiger partial charge in [-0.15, -0.1) is 0 Å². The topological polar surface area (TPSA) is 113 Å². The van der Waals surface area contributed by atoms with E-state index in [0.717, 1.165) is 12.8 Å². The Labute approximate surface area is 112 Å². The summed E-state index contributed by atoms with van der Waals surface area (Å²) in [7, 11) is 0. The number of nitrogens with zero attached hydrogens (tertiary/aromatic N) is 1. The zero-order valence-corrected chi connectivity index (χ0v) is 11.3. The monoisotopic (exact) mass is 271 g/mol. The number of likely N-dealkylation sites (tertiary alicyclic amines) is 1. The van der Waals surface area contributed by atoms with Crippen LogP contribution < -0.4 is 11.1 Å². The van der Waals surface area contributed by atoms with Gasteiger partial charge in [-0.05, 0) is 25.7 Å². The Kier molecular flexibility index (Phi) is 5.14. The number of aliphatic carboxylic acids is 1. The second-order valence-corrected chi connectivity index (χ2v) is 5.18. The highest BCUT2D eigenvalue weighted by Crippen LogP contribution is 2.22. The lowest BCUT2D eigenvalue weighted by atomic mass is 9.94. The normalized spacial score (nSPS) is 24.6. The van der Waals surface area contributed by atoms with Crippen molar-refractivity contribution in [1.82, 2.24) is 10.2 Å². The molecule has 1 fully saturated rings. The lowest BCUT2D eigenvalue weighted by molar-refractivity contribution is -0.141. The van der Waals surface area contributed by atoms with Crippen molar-refractivity contribution < 1.29 is 19.5 Å². The fraction of sp³-hybridized carbons (Fsp3) is 0.750. The molecule has 1 heterocycles. The molecule has 0 saturated carbocycles. The quantitative estimate of drug-likeness (QED) is 0.675. The summed E-state index contributed by atoms with van der Waals surface area (Å²) >= 11 is 0. The summed E-state index contributed by atoms with van der Waals surface area (Å²) in [5.74, 6) is -1.46. The number of nitrogens with two attached hydrogens (primary N) is 1. The highest BCUT2D eigenvalue weighted by molar-refractivity contribution is 5.87. The molecule has 0 aromatic rings. The molecule has 1 aliphatic heterocycles. The summed E-state index contributed by atoms with van der Waals surface area (Å²) in [5.41, 5.74) is 4.96. The molecule has 1 aliphatic rings. The fourth-order valence-electron chi connectivity index (χ4n) is 2.34. The van der Waals surface area contributed by atoms with E-state index in [1.807, 2.05) is 6.92 Å². The zero-order valence-electron chi connectivity index (χ0n) is 11.3. The minimum atomic E-state index is -1.27. The van der Waals surface area contributed by atoms with Crippen molar-refractivity contribution in [3.63, 3.8) is 0 Å². The Morgan fingerprint density at radius 2 is 2.05 bits per heavy atom. The van der Waals surface area contributed by atoms with Gasteiger partial charge in [-0.3, -0.25) is 4.79 Å². The standard InChI is InChI=1S/C12H21N3O4/c1-7-3-4-15(8(2)5-7)12(19)14-9(11(17)18)6-10(13)16/h7-9H,3-6H2,1-2H3,(H2,13,16)(H,14,19)(H,17,18)/t7?,8?,9-/m1/s1. The van der Waals surface area contributed by atoms with Crippen LogP contribution in [0.5, 0.6) is 0 Å². The van der Waals surface area contributed by atoms with E-state index in [9.17, 15) is 14.4 Å². The van der Waals surface area contributed by atoms with Gasteiger partial charge < -0.3 is 21.1 Å². The first-order valence-electron chi connectivity index (χ1n) is 6.39. The first kappa shape index (κ1) is 15.3. The number of carboxylic acid groups (broad SMARTS) is 1. The molecule has 0 aliphatic carbocycles. The maximum atomic E-state index is 12.0. The van der Waals surface area contributed by atoms with Crippen LogP contribution in [0.2, 0.25) is 0 Å². The molecule has 2 unspecified atom stereocenters. The van der Waals surface area contributed by atoms with Crippen molar-refractivity contribution in [3.8, 4) is 0 Å². The summed E-state index contributed by atoms with van der Waals surface area (Å²) in [6.07, 6.45) is 1.38. The molecule has 108 valence electrons. The zero-order chi connectivity index (χ0) is 14.6. The molecule has 1 rings (SSSR count). The number of nitrogens with one attached hydrogen (secondary N) is 1. The Hall–Kier alpha value is -1.79. The molecule has 19 heavy (non-hydrogen) atoms. The Bertz CT molecular complexity index is 372. The highest BCUT2D eigenvalue weighted by Gasteiger charge is 2.30. The van der Waals surface area contributed by atoms with Crippen LogP contribution in [0.3, 0.4) is 0 Å². The van der Waals surface area contributed by atoms with Gasteiger partial charge >= 0.3 is 12.0 Å². The van der Waals surface area contributed by atoms with Gasteiger partial charge in [0.25, 0.3) is 0 Å². The van der Waals surface area contributed by atoms with Crippen LogP contribution in [0.4, 0.5) is 4.79 Å². The SMILES string of the molecule is CC1CCN(C(=O)N[C@H](CC(N)=O)C(=O)O)C(C)C1. The Morgan fingerprint density at radius 3 is 2.53 bits per heavy atom. The molecule has 4 N–H and O–H groups in total. The van der Waals surface area contributed by atoms with Crippen LogP contribution in [0.15, 0.2) is 0 Å². The molecular weight excluding hydrogens is 250 g/mol. The van der Waals surface area contributed by atoms with Crippen LogP contribution >= 0.6 is 0 Å². The first-order valence-corrected chi connectivity index (χ1v) is 6.39. The van der Waals surface area contributed by atoms with Crippen LogP contribution in [0.25, 0.3) is 0 Å². The summed E-state index contributed by atoms with van der Waals surface area (Å²) in [6.45, 7) is 4.65. The van der Waals surface area contributed by atoms with Crippen LogP contribution in [0.1, 0.15) is 33.1 Å². The van der Waals surface area contributed by atoms with Crippen molar-refractivity contribution in [2.75, 3.05) is 6.54 Å². The van der Waals surface area contributed by atoms with Gasteiger partial charge in [0.1, 0.15) is 6.04 Å². The molecule has 0 aromatic carbocycles. The molecule has 7 heteroatoms. The molecule has 3 amide bonds. The number of carboxylic acids is 1. The lowest BCUT2D eigenvalue weighted by Gasteiger charge is -2.37. The maximum absolute atomic E-state index is 12.0. The average Bonchev–Trinajstić information content (AvgIpc) is 2.26. The van der Waals surface area contributed by atoms with Gasteiger partial charge in [0.05, 0.1) is 6.42 Å². The van der Waals surface area contributed by atoms with Crippen molar-refractivity contribution in [2.45, 2.75) is 45.2 Å². The fourth-order valence-corrected chi connectivity index (χ4v) is 2.34. The molecule has 7 nitrogen and oxygen atoms in total. The van der Waals surface area contributed by atoms with Gasteiger partial charge in [0, 0.05) is 12.6 Å². The summed E-state index contributed by atoms with van der Waals surface area (Å²) in [5, 5.41) is 11.3. The highest BCUT2D eigenvalue weighted by atomic mass is 16.4. The van der Waals surface area contributed by atoms with Crippen molar-refractivity contribution in [1.29, 1.82) is 0 Å². The lowest BCUT2D eigenvalue weighted by Crippen LogP contribution is -2.53. The molecule has 0 aromatic heterocycles. The maximum Gasteiger partial charge on any atom is 0.326 e. The van der Waals surface area contributed by atoms with Crippen LogP contribution in [-0.4, -0.2) is 46.5 Å². The van der Waals surface area contributed by atoms with Gasteiger partial charge in [-0.25, -0.2) is 9.59 Å². The largest absolute Gasteiger partial charge is 0.480 e. The van der Waals surface area contributed by atoms with Crippen molar-refractivity contribution >= 4 is 17.9 Å². The van der Waals surface area contributed by atoms with E-state index in [1.165, 1.54) is 0 Å². The smallest absolute Gasteiger partial charge is 0.326 e. The van der Waals surface area contributed by atoms with E-state index in [0.29, 0.717) is 12.5 Å². The van der Waals surface area contributed by atoms with Gasteiger partial charge in [-0.2, -0.15) is 0 Å². The van der Waals surface area contributed by atoms with E-state index in [-0.39, 0.29) is 6.04 Å². The number of urea groups is 1. The number of primary amides is 1. The molecule has 3 atom stereocenters. The summed E-state index contributed by atoms with van der Waals surface area (Å²) in [4.78, 5) is 35.3. The first-order chi connectivity index (χ1) is 8.81. The number of piperidine rings is 1. The van der Waals surface area contributed by atoms with Crippen molar-refractivity contribution in [2.24, 2.45) is 11.7 Å². The summed E-state index contributed by atoms with van der Waals surface area (Å²) in [6, 6.07) is -1.66. The third-order valence-corrected chi connectivity index (χ3v) is 3.40. The average molecular weight is 271 g/mol. The number of hydrogen-bond donors (Lipinski definition) is 3. The molecule has 0 spiro atoms. The molecule has 0 radical (unpaired) electrons. The van der Waals surface area contributed by atoms with E-state index >= 15 is 0 Å². The number of carbonyl (C=O) groups excluding carboxylic acids is 2. The van der Waals surface area contributed by atoms with E-state index in [2.05, 4.69) is 12.2 Å². The minimum absolute atomic E-state index is 0.0618. The second kappa shape index (κ2) is 6.40. The number of rotatable bonds is 4. The Balaban J connectivity index is 2.61. The summed E-state index contributed by atoms with van der Waals surface area (Å²) < 4.78 is 0. The molecule has 0 bridgehead atoms. The van der Waals surface area contributed by atoms with Crippen LogP contribution in [0, 0.1) is 5.92 Å². The van der Waals surface area contributed by atoms with E-state index in [4.69, 9.17) is 10.8 Å². The van der Waals surface area contributed by atoms with E-state index in [1.54, 1.807) is 4.90 Å².